The van der Waals surface area contributed by atoms with Crippen LogP contribution in [0.25, 0.3) is 0 Å². The molecule has 3 nitrogen and oxygen atoms in total. The first-order valence-electron chi connectivity index (χ1n) is 8.83. The van der Waals surface area contributed by atoms with Crippen LogP contribution in [-0.4, -0.2) is 41.4 Å². The molecule has 1 aromatic carbocycles. The Morgan fingerprint density at radius 3 is 2.39 bits per heavy atom. The van der Waals surface area contributed by atoms with Crippen LogP contribution in [0.3, 0.4) is 0 Å². The van der Waals surface area contributed by atoms with Gasteiger partial charge < -0.3 is 10.2 Å². The summed E-state index contributed by atoms with van der Waals surface area (Å²) in [4.78, 5) is 14.6. The number of benzene rings is 1. The molecule has 0 unspecified atom stereocenters. The zero-order valence-electron chi connectivity index (χ0n) is 14.4. The van der Waals surface area contributed by atoms with Crippen molar-refractivity contribution in [3.05, 3.63) is 35.9 Å². The zero-order valence-corrected chi connectivity index (χ0v) is 15.1. The molecule has 23 heavy (non-hydrogen) atoms. The van der Waals surface area contributed by atoms with Gasteiger partial charge in [-0.3, -0.25) is 4.79 Å². The summed E-state index contributed by atoms with van der Waals surface area (Å²) < 4.78 is 0. The Bertz CT molecular complexity index is 479. The first-order valence-corrected chi connectivity index (χ1v) is 9.21. The van der Waals surface area contributed by atoms with E-state index in [1.54, 1.807) is 0 Å². The molecule has 0 aromatic heterocycles. The number of carbonyl (C=O) groups excluding carboxylic acids is 1. The summed E-state index contributed by atoms with van der Waals surface area (Å²) in [5.74, 6) is 0.0424. The van der Waals surface area contributed by atoms with E-state index in [1.807, 2.05) is 30.3 Å². The van der Waals surface area contributed by atoms with Gasteiger partial charge in [-0.15, -0.1) is 11.6 Å². The van der Waals surface area contributed by atoms with Crippen molar-refractivity contribution < 1.29 is 4.79 Å². The lowest BCUT2D eigenvalue weighted by Crippen LogP contribution is -2.45. The fourth-order valence-electron chi connectivity index (χ4n) is 3.12. The quantitative estimate of drug-likeness (QED) is 0.761. The molecule has 2 rings (SSSR count). The van der Waals surface area contributed by atoms with Crippen LogP contribution in [0.15, 0.2) is 30.3 Å². The van der Waals surface area contributed by atoms with Crippen molar-refractivity contribution in [2.24, 2.45) is 0 Å². The van der Waals surface area contributed by atoms with E-state index in [1.165, 1.54) is 0 Å². The van der Waals surface area contributed by atoms with Gasteiger partial charge in [0.15, 0.2) is 0 Å². The van der Waals surface area contributed by atoms with Crippen molar-refractivity contribution in [2.45, 2.75) is 56.9 Å². The summed E-state index contributed by atoms with van der Waals surface area (Å²) in [6.07, 6.45) is 5.13. The lowest BCUT2D eigenvalue weighted by atomic mass is 9.97. The number of hydrogen-bond donors (Lipinski definition) is 1. The van der Waals surface area contributed by atoms with Crippen LogP contribution >= 0.6 is 11.6 Å². The summed E-state index contributed by atoms with van der Waals surface area (Å²) in [6.45, 7) is 7.48. The SMILES string of the molecule is CCC(Cl)(CC)CCN1CCC(NC(=O)c2ccccc2)CC1. The molecule has 0 saturated carbocycles. The number of likely N-dealkylation sites (tertiary alicyclic amines) is 1. The number of amides is 1. The fourth-order valence-corrected chi connectivity index (χ4v) is 3.21. The van der Waals surface area contributed by atoms with Crippen LogP contribution in [0.4, 0.5) is 0 Å². The molecular formula is C19H29ClN2O. The minimum Gasteiger partial charge on any atom is -0.349 e. The zero-order chi connectivity index (χ0) is 16.7. The summed E-state index contributed by atoms with van der Waals surface area (Å²) in [5, 5.41) is 3.16. The summed E-state index contributed by atoms with van der Waals surface area (Å²) in [5.41, 5.74) is 0.743. The number of alkyl halides is 1. The van der Waals surface area contributed by atoms with E-state index in [-0.39, 0.29) is 16.8 Å². The summed E-state index contributed by atoms with van der Waals surface area (Å²) >= 11 is 6.61. The van der Waals surface area contributed by atoms with Crippen molar-refractivity contribution in [3.8, 4) is 0 Å². The monoisotopic (exact) mass is 336 g/mol. The van der Waals surface area contributed by atoms with Gasteiger partial charge in [-0.25, -0.2) is 0 Å². The van der Waals surface area contributed by atoms with E-state index in [0.717, 1.165) is 57.3 Å². The molecule has 1 aliphatic heterocycles. The third-order valence-corrected chi connectivity index (χ3v) is 5.83. The second-order valence-electron chi connectivity index (χ2n) is 6.56. The highest BCUT2D eigenvalue weighted by atomic mass is 35.5. The number of halogens is 1. The van der Waals surface area contributed by atoms with Crippen LogP contribution in [-0.2, 0) is 0 Å². The highest BCUT2D eigenvalue weighted by molar-refractivity contribution is 6.23. The Morgan fingerprint density at radius 1 is 1.22 bits per heavy atom. The van der Waals surface area contributed by atoms with Crippen molar-refractivity contribution in [1.29, 1.82) is 0 Å². The topological polar surface area (TPSA) is 32.3 Å². The van der Waals surface area contributed by atoms with Gasteiger partial charge in [-0.05, 0) is 50.8 Å². The van der Waals surface area contributed by atoms with Gasteiger partial charge in [0, 0.05) is 29.6 Å². The molecule has 1 N–H and O–H groups in total. The molecular weight excluding hydrogens is 308 g/mol. The number of rotatable bonds is 7. The maximum atomic E-state index is 12.2. The molecule has 1 aromatic rings. The highest BCUT2D eigenvalue weighted by Gasteiger charge is 2.26. The highest BCUT2D eigenvalue weighted by Crippen LogP contribution is 2.28. The Balaban J connectivity index is 1.73. The van der Waals surface area contributed by atoms with Crippen molar-refractivity contribution in [1.82, 2.24) is 10.2 Å². The van der Waals surface area contributed by atoms with Gasteiger partial charge in [0.25, 0.3) is 5.91 Å². The molecule has 0 radical (unpaired) electrons. The van der Waals surface area contributed by atoms with Crippen molar-refractivity contribution in [3.63, 3.8) is 0 Å². The van der Waals surface area contributed by atoms with E-state index >= 15 is 0 Å². The first-order chi connectivity index (χ1) is 11.1. The predicted molar refractivity (Wildman–Crippen MR) is 97.2 cm³/mol. The van der Waals surface area contributed by atoms with Crippen molar-refractivity contribution in [2.75, 3.05) is 19.6 Å². The number of nitrogens with zero attached hydrogens (tertiary/aromatic N) is 1. The second kappa shape index (κ2) is 8.70. The summed E-state index contributed by atoms with van der Waals surface area (Å²) in [6, 6.07) is 9.74. The third kappa shape index (κ3) is 5.50. The lowest BCUT2D eigenvalue weighted by molar-refractivity contribution is 0.0909. The van der Waals surface area contributed by atoms with E-state index in [2.05, 4.69) is 24.1 Å². The molecule has 0 spiro atoms. The van der Waals surface area contributed by atoms with E-state index in [4.69, 9.17) is 11.6 Å². The Hall–Kier alpha value is -1.06. The average Bonchev–Trinajstić information content (AvgIpc) is 2.61. The number of nitrogens with one attached hydrogen (secondary N) is 1. The Kier molecular flexibility index (Phi) is 6.91. The molecule has 1 aliphatic rings. The van der Waals surface area contributed by atoms with Crippen LogP contribution in [0.2, 0.25) is 0 Å². The number of hydrogen-bond acceptors (Lipinski definition) is 2. The Labute approximate surface area is 145 Å². The number of piperidine rings is 1. The maximum absolute atomic E-state index is 12.2. The standard InChI is InChI=1S/C19H29ClN2O/c1-3-19(20,4-2)12-15-22-13-10-17(11-14-22)21-18(23)16-8-6-5-7-9-16/h5-9,17H,3-4,10-15H2,1-2H3,(H,21,23). The fraction of sp³-hybridized carbons (Fsp3) is 0.632. The van der Waals surface area contributed by atoms with Gasteiger partial charge in [0.05, 0.1) is 0 Å². The smallest absolute Gasteiger partial charge is 0.251 e. The molecule has 1 heterocycles. The number of carbonyl (C=O) groups is 1. The van der Waals surface area contributed by atoms with E-state index < -0.39 is 0 Å². The maximum Gasteiger partial charge on any atom is 0.251 e. The Morgan fingerprint density at radius 2 is 1.83 bits per heavy atom. The van der Waals surface area contributed by atoms with Gasteiger partial charge in [-0.1, -0.05) is 32.0 Å². The molecule has 128 valence electrons. The third-order valence-electron chi connectivity index (χ3n) is 5.10. The van der Waals surface area contributed by atoms with Crippen LogP contribution in [0.5, 0.6) is 0 Å². The second-order valence-corrected chi connectivity index (χ2v) is 7.37. The minimum atomic E-state index is -0.0433. The summed E-state index contributed by atoms with van der Waals surface area (Å²) in [7, 11) is 0. The van der Waals surface area contributed by atoms with Gasteiger partial charge in [-0.2, -0.15) is 0 Å². The van der Waals surface area contributed by atoms with Crippen LogP contribution in [0, 0.1) is 0 Å². The largest absolute Gasteiger partial charge is 0.349 e. The molecule has 1 fully saturated rings. The molecule has 1 saturated heterocycles. The van der Waals surface area contributed by atoms with Gasteiger partial charge >= 0.3 is 0 Å². The van der Waals surface area contributed by atoms with E-state index in [9.17, 15) is 4.79 Å². The molecule has 1 amide bonds. The van der Waals surface area contributed by atoms with Crippen LogP contribution in [0.1, 0.15) is 56.3 Å². The molecule has 4 heteroatoms. The average molecular weight is 337 g/mol. The first kappa shape index (κ1) is 18.3. The molecule has 0 aliphatic carbocycles. The predicted octanol–water partition coefficient (Wildman–Crippen LogP) is 4.07. The molecule has 0 atom stereocenters. The van der Waals surface area contributed by atoms with Crippen LogP contribution < -0.4 is 5.32 Å². The lowest BCUT2D eigenvalue weighted by Gasteiger charge is -2.34. The van der Waals surface area contributed by atoms with E-state index in [0.29, 0.717) is 0 Å². The molecule has 0 bridgehead atoms. The normalized spacial score (nSPS) is 17.2. The van der Waals surface area contributed by atoms with Gasteiger partial charge in [0.2, 0.25) is 0 Å². The van der Waals surface area contributed by atoms with Crippen molar-refractivity contribution >= 4 is 17.5 Å². The minimum absolute atomic E-state index is 0.0424. The van der Waals surface area contributed by atoms with Gasteiger partial charge in [0.1, 0.15) is 0 Å².